The van der Waals surface area contributed by atoms with Gasteiger partial charge in [-0.2, -0.15) is 6.92 Å². The maximum atomic E-state index is 8.68. The molecule has 0 saturated heterocycles. The van der Waals surface area contributed by atoms with E-state index in [0.29, 0.717) is 0 Å². The smallest absolute Gasteiger partial charge is 0.813 e. The first-order valence-electron chi connectivity index (χ1n) is 0.704. The van der Waals surface area contributed by atoms with Gasteiger partial charge in [0.2, 0.25) is 0 Å². The van der Waals surface area contributed by atoms with E-state index in [0.717, 1.165) is 0 Å². The van der Waals surface area contributed by atoms with Crippen LogP contribution in [0, 0.1) is 0 Å². The molecule has 0 atom stereocenters. The Morgan fingerprint density at radius 1 is 1.60 bits per heavy atom. The molecular weight excluding hydrogens is 79.0 g/mol. The SMILES string of the molecule is C[C-]=O.[Li+].[SH-]. The molecule has 0 aromatic rings. The number of hydrogen-bond donors (Lipinski definition) is 0. The van der Waals surface area contributed by atoms with Crippen LogP contribution in [0.4, 0.5) is 0 Å². The molecule has 0 spiro atoms. The zero-order valence-electron chi connectivity index (χ0n) is 3.36. The van der Waals surface area contributed by atoms with Crippen LogP contribution < -0.4 is 18.9 Å². The largest absolute Gasteiger partial charge is 1.00 e. The van der Waals surface area contributed by atoms with Crippen LogP contribution in [0.3, 0.4) is 0 Å². The van der Waals surface area contributed by atoms with Gasteiger partial charge in [0, 0.05) is 0 Å². The summed E-state index contributed by atoms with van der Waals surface area (Å²) in [7, 11) is 0. The third-order valence-electron chi connectivity index (χ3n) is 0. The molecule has 0 saturated carbocycles. The van der Waals surface area contributed by atoms with Crippen molar-refractivity contribution in [3.63, 3.8) is 0 Å². The minimum absolute atomic E-state index is 0. The van der Waals surface area contributed by atoms with Crippen LogP contribution in [0.2, 0.25) is 0 Å². The number of hydrogen-bond acceptors (Lipinski definition) is 2. The summed E-state index contributed by atoms with van der Waals surface area (Å²) in [5.41, 5.74) is 0. The number of carbonyl (C=O) groups excluding carboxylic acids is 1. The molecule has 5 heavy (non-hydrogen) atoms. The molecule has 0 amide bonds. The molecule has 0 N–H and O–H groups in total. The summed E-state index contributed by atoms with van der Waals surface area (Å²) in [6, 6.07) is 0. The van der Waals surface area contributed by atoms with Crippen LogP contribution in [0.25, 0.3) is 0 Å². The molecular formula is C2H4LiOS-. The summed E-state index contributed by atoms with van der Waals surface area (Å²) >= 11 is 0. The van der Waals surface area contributed by atoms with Crippen molar-refractivity contribution in [1.29, 1.82) is 0 Å². The van der Waals surface area contributed by atoms with Crippen molar-refractivity contribution >= 4 is 19.8 Å². The Kier molecular flexibility index (Phi) is 80.8. The first kappa shape index (κ1) is 17.5. The topological polar surface area (TPSA) is 17.1 Å². The van der Waals surface area contributed by atoms with E-state index in [9.17, 15) is 0 Å². The fourth-order valence-corrected chi connectivity index (χ4v) is 0. The molecule has 3 heteroatoms. The number of rotatable bonds is 0. The van der Waals surface area contributed by atoms with Crippen molar-refractivity contribution in [2.24, 2.45) is 0 Å². The summed E-state index contributed by atoms with van der Waals surface area (Å²) in [6.45, 7) is 1.32. The minimum atomic E-state index is 0. The first-order chi connectivity index (χ1) is 1.41. The van der Waals surface area contributed by atoms with E-state index < -0.39 is 0 Å². The average Bonchev–Trinajstić information content (AvgIpc) is 0.918. The van der Waals surface area contributed by atoms with Gasteiger partial charge in [-0.3, -0.25) is 6.29 Å². The Morgan fingerprint density at radius 2 is 1.60 bits per heavy atom. The van der Waals surface area contributed by atoms with Crippen molar-refractivity contribution in [3.8, 4) is 0 Å². The fraction of sp³-hybridized carbons (Fsp3) is 0.500. The van der Waals surface area contributed by atoms with Crippen molar-refractivity contribution in [2.45, 2.75) is 6.92 Å². The van der Waals surface area contributed by atoms with Crippen LogP contribution in [-0.2, 0) is 18.3 Å². The third-order valence-corrected chi connectivity index (χ3v) is 0. The zero-order chi connectivity index (χ0) is 2.71. The van der Waals surface area contributed by atoms with Gasteiger partial charge >= 0.3 is 18.9 Å². The van der Waals surface area contributed by atoms with Crippen molar-refractivity contribution in [3.05, 3.63) is 0 Å². The second kappa shape index (κ2) is 23.1. The van der Waals surface area contributed by atoms with E-state index in [1.165, 1.54) is 13.2 Å². The van der Waals surface area contributed by atoms with E-state index in [-0.39, 0.29) is 32.4 Å². The molecule has 0 bridgehead atoms. The molecule has 0 aliphatic heterocycles. The molecule has 1 nitrogen and oxygen atoms in total. The second-order valence-corrected chi connectivity index (χ2v) is 0.204. The maximum Gasteiger partial charge on any atom is 1.00 e. The predicted molar refractivity (Wildman–Crippen MR) is 20.1 cm³/mol. The Bertz CT molecular complexity index is 17.1. The van der Waals surface area contributed by atoms with E-state index in [1.54, 1.807) is 0 Å². The molecule has 0 aliphatic carbocycles. The van der Waals surface area contributed by atoms with E-state index in [1.807, 2.05) is 0 Å². The fourth-order valence-electron chi connectivity index (χ4n) is 0. The second-order valence-electron chi connectivity index (χ2n) is 0.204. The van der Waals surface area contributed by atoms with Gasteiger partial charge in [0.1, 0.15) is 0 Å². The van der Waals surface area contributed by atoms with Gasteiger partial charge in [0.05, 0.1) is 0 Å². The monoisotopic (exact) mass is 83.0 g/mol. The van der Waals surface area contributed by atoms with Gasteiger partial charge in [0.15, 0.2) is 0 Å². The van der Waals surface area contributed by atoms with Gasteiger partial charge < -0.3 is 18.3 Å². The van der Waals surface area contributed by atoms with E-state index >= 15 is 0 Å². The van der Waals surface area contributed by atoms with Gasteiger partial charge in [-0.1, -0.05) is 0 Å². The van der Waals surface area contributed by atoms with Crippen molar-refractivity contribution in [2.75, 3.05) is 0 Å². The molecule has 0 aromatic carbocycles. The normalized spacial score (nSPS) is 2.60. The molecule has 0 unspecified atom stereocenters. The molecule has 0 rings (SSSR count). The summed E-state index contributed by atoms with van der Waals surface area (Å²) in [5.74, 6) is 0. The van der Waals surface area contributed by atoms with E-state index in [2.05, 4.69) is 0 Å². The Labute approximate surface area is 50.8 Å². The quantitative estimate of drug-likeness (QED) is 0.133. The predicted octanol–water partition coefficient (Wildman–Crippen LogP) is -3.15. The summed E-state index contributed by atoms with van der Waals surface area (Å²) < 4.78 is 0. The van der Waals surface area contributed by atoms with Crippen LogP contribution in [0.1, 0.15) is 6.92 Å². The maximum absolute atomic E-state index is 8.68. The van der Waals surface area contributed by atoms with Crippen molar-refractivity contribution < 1.29 is 23.7 Å². The zero-order valence-corrected chi connectivity index (χ0v) is 4.25. The van der Waals surface area contributed by atoms with E-state index in [4.69, 9.17) is 4.79 Å². The van der Waals surface area contributed by atoms with Gasteiger partial charge in [-0.15, -0.1) is 0 Å². The molecule has 0 heterocycles. The minimum Gasteiger partial charge on any atom is -0.813 e. The van der Waals surface area contributed by atoms with Gasteiger partial charge in [0.25, 0.3) is 0 Å². The average molecular weight is 83.1 g/mol. The number of thiol groups is 1. The Hall–Kier alpha value is 0.617. The van der Waals surface area contributed by atoms with Crippen LogP contribution in [0.5, 0.6) is 0 Å². The molecule has 0 radical (unpaired) electrons. The Morgan fingerprint density at radius 3 is 1.60 bits per heavy atom. The van der Waals surface area contributed by atoms with Gasteiger partial charge in [-0.25, -0.2) is 0 Å². The third kappa shape index (κ3) is 83.0. The Balaban J connectivity index is -0.0000000200. The van der Waals surface area contributed by atoms with Crippen molar-refractivity contribution in [1.82, 2.24) is 0 Å². The standard InChI is InChI=1S/C2H3O.Li.H2S/c1-2-3;;/h1H3;;1H2/q-1;+1;/p-1. The van der Waals surface area contributed by atoms with Crippen LogP contribution in [-0.4, -0.2) is 6.29 Å². The van der Waals surface area contributed by atoms with Gasteiger partial charge in [-0.05, 0) is 0 Å². The molecule has 0 fully saturated rings. The van der Waals surface area contributed by atoms with Crippen LogP contribution >= 0.6 is 0 Å². The summed E-state index contributed by atoms with van der Waals surface area (Å²) in [4.78, 5) is 8.68. The van der Waals surface area contributed by atoms with Crippen LogP contribution in [0.15, 0.2) is 0 Å². The first-order valence-corrected chi connectivity index (χ1v) is 0.704. The summed E-state index contributed by atoms with van der Waals surface area (Å²) in [6.07, 6.45) is 1.50. The molecule has 26 valence electrons. The molecule has 0 aliphatic rings. The summed E-state index contributed by atoms with van der Waals surface area (Å²) in [5, 5.41) is 0. The molecule has 0 aromatic heterocycles.